The summed E-state index contributed by atoms with van der Waals surface area (Å²) in [5, 5.41) is 4.25. The summed E-state index contributed by atoms with van der Waals surface area (Å²) in [6.45, 7) is 2.11. The zero-order valence-corrected chi connectivity index (χ0v) is 11.3. The maximum absolute atomic E-state index is 2.15. The summed E-state index contributed by atoms with van der Waals surface area (Å²) in [5.41, 5.74) is 1.30. The summed E-state index contributed by atoms with van der Waals surface area (Å²) in [7, 11) is 0. The fraction of sp³-hybridized carbons (Fsp3) is 0.0667. The highest BCUT2D eigenvalue weighted by molar-refractivity contribution is 8.05. The standard InChI is InChI=1S/C15H14S2/c1-13-7-9-15(10-8-13)17-12-11-16-14-5-3-2-4-6-14/h2-12H,1H3. The Labute approximate surface area is 111 Å². The highest BCUT2D eigenvalue weighted by Crippen LogP contribution is 2.24. The molecule has 0 atom stereocenters. The van der Waals surface area contributed by atoms with E-state index in [-0.39, 0.29) is 0 Å². The van der Waals surface area contributed by atoms with E-state index in [2.05, 4.69) is 66.3 Å². The molecule has 0 aliphatic carbocycles. The van der Waals surface area contributed by atoms with E-state index in [4.69, 9.17) is 0 Å². The topological polar surface area (TPSA) is 0 Å². The van der Waals surface area contributed by atoms with Crippen LogP contribution >= 0.6 is 23.5 Å². The predicted octanol–water partition coefficient (Wildman–Crippen LogP) is 5.35. The molecule has 0 radical (unpaired) electrons. The zero-order chi connectivity index (χ0) is 11.9. The molecule has 2 rings (SSSR count). The molecule has 2 heteroatoms. The molecule has 0 saturated heterocycles. The maximum Gasteiger partial charge on any atom is 0.0116 e. The van der Waals surface area contributed by atoms with Crippen molar-refractivity contribution >= 4 is 23.5 Å². The van der Waals surface area contributed by atoms with Gasteiger partial charge in [0.25, 0.3) is 0 Å². The van der Waals surface area contributed by atoms with E-state index in [9.17, 15) is 0 Å². The molecule has 0 saturated carbocycles. The van der Waals surface area contributed by atoms with Crippen molar-refractivity contribution in [2.75, 3.05) is 0 Å². The van der Waals surface area contributed by atoms with Crippen LogP contribution in [-0.2, 0) is 0 Å². The van der Waals surface area contributed by atoms with Crippen LogP contribution in [0.15, 0.2) is 75.2 Å². The average molecular weight is 258 g/mol. The molecule has 2 aromatic rings. The molecule has 0 spiro atoms. The molecular weight excluding hydrogens is 244 g/mol. The summed E-state index contributed by atoms with van der Waals surface area (Å²) in [5.74, 6) is 0. The van der Waals surface area contributed by atoms with E-state index < -0.39 is 0 Å². The fourth-order valence-corrected chi connectivity index (χ4v) is 2.69. The van der Waals surface area contributed by atoms with Gasteiger partial charge >= 0.3 is 0 Å². The Morgan fingerprint density at radius 1 is 0.706 bits per heavy atom. The van der Waals surface area contributed by atoms with Crippen LogP contribution in [0.5, 0.6) is 0 Å². The largest absolute Gasteiger partial charge is 0.0975 e. The summed E-state index contributed by atoms with van der Waals surface area (Å²) in [6, 6.07) is 19.0. The molecule has 0 aliphatic rings. The van der Waals surface area contributed by atoms with E-state index in [0.717, 1.165) is 0 Å². The SMILES string of the molecule is Cc1ccc(SC=CSc2ccccc2)cc1. The molecule has 0 N–H and O–H groups in total. The van der Waals surface area contributed by atoms with Crippen LogP contribution in [0.3, 0.4) is 0 Å². The van der Waals surface area contributed by atoms with Gasteiger partial charge in [-0.2, -0.15) is 0 Å². The summed E-state index contributed by atoms with van der Waals surface area (Å²) < 4.78 is 0. The van der Waals surface area contributed by atoms with Gasteiger partial charge in [-0.25, -0.2) is 0 Å². The van der Waals surface area contributed by atoms with Crippen LogP contribution in [-0.4, -0.2) is 0 Å². The lowest BCUT2D eigenvalue weighted by Crippen LogP contribution is -1.70. The van der Waals surface area contributed by atoms with Gasteiger partial charge in [0, 0.05) is 9.79 Å². The molecule has 0 amide bonds. The molecule has 0 nitrogen and oxygen atoms in total. The minimum absolute atomic E-state index is 1.27. The third-order valence-corrected chi connectivity index (χ3v) is 4.03. The van der Waals surface area contributed by atoms with Gasteiger partial charge in [0.2, 0.25) is 0 Å². The molecule has 0 bridgehead atoms. The van der Waals surface area contributed by atoms with Gasteiger partial charge in [0.05, 0.1) is 0 Å². The minimum atomic E-state index is 1.27. The number of thioether (sulfide) groups is 2. The lowest BCUT2D eigenvalue weighted by molar-refractivity contribution is 1.38. The van der Waals surface area contributed by atoms with Crippen LogP contribution < -0.4 is 0 Å². The molecule has 0 heterocycles. The van der Waals surface area contributed by atoms with Crippen molar-refractivity contribution in [2.45, 2.75) is 16.7 Å². The quantitative estimate of drug-likeness (QED) is 0.678. The average Bonchev–Trinajstić information content (AvgIpc) is 2.38. The molecule has 0 aromatic heterocycles. The van der Waals surface area contributed by atoms with Crippen LogP contribution in [0.25, 0.3) is 0 Å². The van der Waals surface area contributed by atoms with E-state index in [1.807, 2.05) is 6.07 Å². The molecule has 0 unspecified atom stereocenters. The third kappa shape index (κ3) is 4.33. The van der Waals surface area contributed by atoms with E-state index in [1.54, 1.807) is 23.5 Å². The van der Waals surface area contributed by atoms with E-state index in [1.165, 1.54) is 15.4 Å². The summed E-state index contributed by atoms with van der Waals surface area (Å²) in [4.78, 5) is 2.55. The first-order chi connectivity index (χ1) is 8.34. The molecule has 0 fully saturated rings. The Hall–Kier alpha value is -1.12. The van der Waals surface area contributed by atoms with Gasteiger partial charge in [-0.15, -0.1) is 0 Å². The Bertz CT molecular complexity index is 472. The van der Waals surface area contributed by atoms with Crippen LogP contribution in [0.2, 0.25) is 0 Å². The second kappa shape index (κ2) is 6.58. The molecular formula is C15H14S2. The smallest absolute Gasteiger partial charge is 0.0116 e. The fourth-order valence-electron chi connectivity index (χ4n) is 1.33. The first kappa shape index (κ1) is 12.3. The molecule has 2 aromatic carbocycles. The first-order valence-electron chi connectivity index (χ1n) is 5.45. The molecule has 0 aliphatic heterocycles. The minimum Gasteiger partial charge on any atom is -0.0975 e. The number of benzene rings is 2. The molecule has 17 heavy (non-hydrogen) atoms. The predicted molar refractivity (Wildman–Crippen MR) is 78.5 cm³/mol. The first-order valence-corrected chi connectivity index (χ1v) is 7.20. The van der Waals surface area contributed by atoms with Gasteiger partial charge < -0.3 is 0 Å². The van der Waals surface area contributed by atoms with Gasteiger partial charge in [0.15, 0.2) is 0 Å². The highest BCUT2D eigenvalue weighted by Gasteiger charge is 1.90. The Kier molecular flexibility index (Phi) is 4.77. The second-order valence-electron chi connectivity index (χ2n) is 3.63. The van der Waals surface area contributed by atoms with Gasteiger partial charge in [-0.1, -0.05) is 59.4 Å². The monoisotopic (exact) mass is 258 g/mol. The summed E-state index contributed by atoms with van der Waals surface area (Å²) in [6.07, 6.45) is 0. The Morgan fingerprint density at radius 2 is 1.24 bits per heavy atom. The van der Waals surface area contributed by atoms with Crippen molar-refractivity contribution in [1.82, 2.24) is 0 Å². The normalized spacial score (nSPS) is 10.9. The highest BCUT2D eigenvalue weighted by atomic mass is 32.2. The maximum atomic E-state index is 2.15. The Morgan fingerprint density at radius 3 is 1.82 bits per heavy atom. The Balaban J connectivity index is 1.84. The van der Waals surface area contributed by atoms with Crippen molar-refractivity contribution < 1.29 is 0 Å². The van der Waals surface area contributed by atoms with Crippen LogP contribution in [0.1, 0.15) is 5.56 Å². The van der Waals surface area contributed by atoms with Gasteiger partial charge in [0.1, 0.15) is 0 Å². The van der Waals surface area contributed by atoms with Crippen LogP contribution in [0, 0.1) is 6.92 Å². The number of hydrogen-bond donors (Lipinski definition) is 0. The number of rotatable bonds is 4. The lowest BCUT2D eigenvalue weighted by Gasteiger charge is -1.97. The van der Waals surface area contributed by atoms with Gasteiger partial charge in [-0.05, 0) is 42.0 Å². The number of hydrogen-bond acceptors (Lipinski definition) is 2. The zero-order valence-electron chi connectivity index (χ0n) is 9.67. The van der Waals surface area contributed by atoms with Crippen molar-refractivity contribution in [3.63, 3.8) is 0 Å². The molecule has 86 valence electrons. The van der Waals surface area contributed by atoms with Gasteiger partial charge in [-0.3, -0.25) is 0 Å². The summed E-state index contributed by atoms with van der Waals surface area (Å²) >= 11 is 3.49. The van der Waals surface area contributed by atoms with Crippen molar-refractivity contribution in [1.29, 1.82) is 0 Å². The van der Waals surface area contributed by atoms with E-state index >= 15 is 0 Å². The van der Waals surface area contributed by atoms with Crippen molar-refractivity contribution in [2.24, 2.45) is 0 Å². The second-order valence-corrected chi connectivity index (χ2v) is 5.59. The number of aryl methyl sites for hydroxylation is 1. The van der Waals surface area contributed by atoms with Crippen LogP contribution in [0.4, 0.5) is 0 Å². The third-order valence-electron chi connectivity index (χ3n) is 2.23. The lowest BCUT2D eigenvalue weighted by atomic mass is 10.2. The van der Waals surface area contributed by atoms with E-state index in [0.29, 0.717) is 0 Å². The van der Waals surface area contributed by atoms with Crippen molar-refractivity contribution in [3.8, 4) is 0 Å². The van der Waals surface area contributed by atoms with Crippen molar-refractivity contribution in [3.05, 3.63) is 71.0 Å².